The van der Waals surface area contributed by atoms with Crippen LogP contribution in [-0.4, -0.2) is 41.7 Å². The van der Waals surface area contributed by atoms with Crippen LogP contribution in [0.3, 0.4) is 0 Å². The van der Waals surface area contributed by atoms with Crippen LogP contribution in [0.15, 0.2) is 54.3 Å². The lowest BCUT2D eigenvalue weighted by Gasteiger charge is -2.19. The van der Waals surface area contributed by atoms with Gasteiger partial charge in [0.25, 0.3) is 0 Å². The van der Waals surface area contributed by atoms with E-state index in [1.54, 1.807) is 23.8 Å². The van der Waals surface area contributed by atoms with E-state index in [1.165, 1.54) is 0 Å². The summed E-state index contributed by atoms with van der Waals surface area (Å²) in [6.45, 7) is 7.40. The van der Waals surface area contributed by atoms with Crippen molar-refractivity contribution in [1.29, 1.82) is 0 Å². The lowest BCUT2D eigenvalue weighted by Crippen LogP contribution is -2.26. The molecule has 6 heteroatoms. The summed E-state index contributed by atoms with van der Waals surface area (Å²) in [6, 6.07) is 9.73. The molecular formula is C19H23N3O2S. The number of terminal acetylenes is 1. The first-order valence-corrected chi connectivity index (χ1v) is 9.74. The summed E-state index contributed by atoms with van der Waals surface area (Å²) >= 11 is 0. The molecule has 0 radical (unpaired) electrons. The van der Waals surface area contributed by atoms with Crippen molar-refractivity contribution in [3.63, 3.8) is 0 Å². The lowest BCUT2D eigenvalue weighted by molar-refractivity contribution is 0.322. The fraction of sp³-hybridized carbons (Fsp3) is 0.316. The zero-order valence-electron chi connectivity index (χ0n) is 14.4. The Balaban J connectivity index is 2.42. The van der Waals surface area contributed by atoms with Crippen molar-refractivity contribution < 1.29 is 8.42 Å². The van der Waals surface area contributed by atoms with Crippen molar-refractivity contribution in [2.45, 2.75) is 25.2 Å². The van der Waals surface area contributed by atoms with Gasteiger partial charge in [0, 0.05) is 13.1 Å². The van der Waals surface area contributed by atoms with Crippen molar-refractivity contribution in [1.82, 2.24) is 14.5 Å². The number of benzene rings is 1. The van der Waals surface area contributed by atoms with Crippen LogP contribution in [0.5, 0.6) is 0 Å². The van der Waals surface area contributed by atoms with E-state index in [2.05, 4.69) is 17.5 Å². The van der Waals surface area contributed by atoms with Crippen LogP contribution < -0.4 is 0 Å². The van der Waals surface area contributed by atoms with Gasteiger partial charge < -0.3 is 4.57 Å². The summed E-state index contributed by atoms with van der Waals surface area (Å²) < 4.78 is 26.6. The molecule has 2 rings (SSSR count). The minimum atomic E-state index is -3.42. The topological polar surface area (TPSA) is 55.2 Å². The first-order valence-electron chi connectivity index (χ1n) is 8.09. The number of rotatable bonds is 9. The number of aromatic nitrogens is 2. The van der Waals surface area contributed by atoms with Crippen molar-refractivity contribution >= 4 is 9.84 Å². The van der Waals surface area contributed by atoms with Gasteiger partial charge in [-0.15, -0.1) is 13.0 Å². The van der Waals surface area contributed by atoms with E-state index in [0.29, 0.717) is 26.2 Å². The molecule has 0 N–H and O–H groups in total. The molecular weight excluding hydrogens is 334 g/mol. The molecule has 1 aromatic heterocycles. The molecule has 0 unspecified atom stereocenters. The summed E-state index contributed by atoms with van der Waals surface area (Å²) in [5.74, 6) is 2.63. The highest BCUT2D eigenvalue weighted by Crippen LogP contribution is 2.17. The van der Waals surface area contributed by atoms with Crippen LogP contribution in [0.4, 0.5) is 0 Å². The van der Waals surface area contributed by atoms with Gasteiger partial charge in [0.05, 0.1) is 30.7 Å². The van der Waals surface area contributed by atoms with Crippen LogP contribution >= 0.6 is 0 Å². The maximum atomic E-state index is 12.4. The number of nitrogens with zero attached hydrogens (tertiary/aromatic N) is 3. The van der Waals surface area contributed by atoms with E-state index < -0.39 is 9.84 Å². The maximum Gasteiger partial charge on any atom is 0.228 e. The van der Waals surface area contributed by atoms with Crippen LogP contribution in [0, 0.1) is 12.3 Å². The zero-order valence-corrected chi connectivity index (χ0v) is 15.2. The molecule has 0 fully saturated rings. The second kappa shape index (κ2) is 8.65. The van der Waals surface area contributed by atoms with E-state index >= 15 is 0 Å². The predicted molar refractivity (Wildman–Crippen MR) is 99.8 cm³/mol. The number of sulfone groups is 1. The Labute approximate surface area is 149 Å². The van der Waals surface area contributed by atoms with Gasteiger partial charge in [-0.05, 0) is 5.56 Å². The monoisotopic (exact) mass is 357 g/mol. The van der Waals surface area contributed by atoms with Crippen LogP contribution in [0.1, 0.15) is 18.2 Å². The first-order chi connectivity index (χ1) is 12.0. The van der Waals surface area contributed by atoms with E-state index in [1.807, 2.05) is 35.2 Å². The Bertz CT molecular complexity index is 849. The Morgan fingerprint density at radius 2 is 2.08 bits per heavy atom. The number of hydrogen-bond acceptors (Lipinski definition) is 4. The van der Waals surface area contributed by atoms with Crippen molar-refractivity contribution in [2.75, 3.05) is 18.8 Å². The average Bonchev–Trinajstić information content (AvgIpc) is 2.99. The van der Waals surface area contributed by atoms with E-state index in [4.69, 9.17) is 6.42 Å². The van der Waals surface area contributed by atoms with Gasteiger partial charge in [-0.1, -0.05) is 49.3 Å². The molecule has 0 aliphatic carbocycles. The SMILES string of the molecule is C#CCN(CC=C)Cc1cnc(S(=O)(=O)CC)n1Cc1ccccc1. The largest absolute Gasteiger partial charge is 0.313 e. The molecule has 0 aliphatic heterocycles. The Hall–Kier alpha value is -2.36. The second-order valence-electron chi connectivity index (χ2n) is 5.67. The third-order valence-corrected chi connectivity index (χ3v) is 5.47. The number of imidazole rings is 1. The van der Waals surface area contributed by atoms with Gasteiger partial charge in [-0.25, -0.2) is 13.4 Å². The molecule has 0 amide bonds. The highest BCUT2D eigenvalue weighted by molar-refractivity contribution is 7.91. The molecule has 25 heavy (non-hydrogen) atoms. The Kier molecular flexibility index (Phi) is 6.57. The van der Waals surface area contributed by atoms with Gasteiger partial charge >= 0.3 is 0 Å². The summed E-state index contributed by atoms with van der Waals surface area (Å²) in [5.41, 5.74) is 1.83. The molecule has 1 aromatic carbocycles. The van der Waals surface area contributed by atoms with Gasteiger partial charge in [0.1, 0.15) is 0 Å². The molecule has 1 heterocycles. The summed E-state index contributed by atoms with van der Waals surface area (Å²) in [4.78, 5) is 6.21. The first kappa shape index (κ1) is 19.0. The maximum absolute atomic E-state index is 12.4. The smallest absolute Gasteiger partial charge is 0.228 e. The Morgan fingerprint density at radius 1 is 1.36 bits per heavy atom. The third kappa shape index (κ3) is 4.81. The molecule has 0 bridgehead atoms. The Morgan fingerprint density at radius 3 is 2.68 bits per heavy atom. The van der Waals surface area contributed by atoms with Crippen LogP contribution in [0.25, 0.3) is 0 Å². The molecule has 5 nitrogen and oxygen atoms in total. The van der Waals surface area contributed by atoms with Crippen molar-refractivity contribution in [3.05, 3.63) is 60.4 Å². The highest BCUT2D eigenvalue weighted by atomic mass is 32.2. The number of hydrogen-bond donors (Lipinski definition) is 0. The standard InChI is InChI=1S/C19H23N3O2S/c1-4-12-21(13-5-2)16-18-14-20-19(25(23,24)6-3)22(18)15-17-10-8-7-9-11-17/h1,5,7-11,14H,2,6,12-13,15-16H2,3H3. The summed E-state index contributed by atoms with van der Waals surface area (Å²) in [6.07, 6.45) is 8.83. The van der Waals surface area contributed by atoms with E-state index in [-0.39, 0.29) is 10.9 Å². The molecule has 2 aromatic rings. The molecule has 0 spiro atoms. The molecule has 132 valence electrons. The average molecular weight is 357 g/mol. The van der Waals surface area contributed by atoms with Gasteiger partial charge in [0.2, 0.25) is 15.0 Å². The highest BCUT2D eigenvalue weighted by Gasteiger charge is 2.22. The van der Waals surface area contributed by atoms with Gasteiger partial charge in [-0.2, -0.15) is 0 Å². The summed E-state index contributed by atoms with van der Waals surface area (Å²) in [7, 11) is -3.42. The minimum absolute atomic E-state index is 0.0129. The van der Waals surface area contributed by atoms with Crippen LogP contribution in [0.2, 0.25) is 0 Å². The van der Waals surface area contributed by atoms with E-state index in [0.717, 1.165) is 11.3 Å². The van der Waals surface area contributed by atoms with Crippen LogP contribution in [-0.2, 0) is 22.9 Å². The lowest BCUT2D eigenvalue weighted by atomic mass is 10.2. The zero-order chi connectivity index (χ0) is 18.3. The molecule has 0 aliphatic rings. The minimum Gasteiger partial charge on any atom is -0.313 e. The fourth-order valence-electron chi connectivity index (χ4n) is 2.56. The fourth-order valence-corrected chi connectivity index (χ4v) is 3.55. The third-order valence-electron chi connectivity index (χ3n) is 3.83. The normalized spacial score (nSPS) is 11.4. The van der Waals surface area contributed by atoms with Gasteiger partial charge in [-0.3, -0.25) is 4.90 Å². The quantitative estimate of drug-likeness (QED) is 0.511. The molecule has 0 saturated carbocycles. The van der Waals surface area contributed by atoms with Crippen molar-refractivity contribution in [2.24, 2.45) is 0 Å². The molecule has 0 atom stereocenters. The molecule has 0 saturated heterocycles. The van der Waals surface area contributed by atoms with Crippen molar-refractivity contribution in [3.8, 4) is 12.3 Å². The van der Waals surface area contributed by atoms with Gasteiger partial charge in [0.15, 0.2) is 0 Å². The second-order valence-corrected chi connectivity index (χ2v) is 7.84. The summed E-state index contributed by atoms with van der Waals surface area (Å²) in [5, 5.41) is 0.105. The predicted octanol–water partition coefficient (Wildman–Crippen LogP) is 2.35. The van der Waals surface area contributed by atoms with E-state index in [9.17, 15) is 8.42 Å².